The molecule has 3 aromatic heterocycles. The summed E-state index contributed by atoms with van der Waals surface area (Å²) in [6.45, 7) is 0. The van der Waals surface area contributed by atoms with Crippen LogP contribution in [0.5, 0.6) is 0 Å². The van der Waals surface area contributed by atoms with Crippen molar-refractivity contribution in [3.8, 4) is 10.4 Å². The third-order valence-electron chi connectivity index (χ3n) is 4.15. The Morgan fingerprint density at radius 2 is 1.86 bits per heavy atom. The van der Waals surface area contributed by atoms with Crippen molar-refractivity contribution in [2.75, 3.05) is 0 Å². The van der Waals surface area contributed by atoms with E-state index in [1.165, 1.54) is 34.3 Å². The molecule has 0 aliphatic heterocycles. The van der Waals surface area contributed by atoms with E-state index in [0.29, 0.717) is 22.4 Å². The zero-order valence-electron chi connectivity index (χ0n) is 14.5. The number of hydrogen-bond donors (Lipinski definition) is 1. The Morgan fingerprint density at radius 1 is 1.11 bits per heavy atom. The number of aryl methyl sites for hydroxylation is 1. The summed E-state index contributed by atoms with van der Waals surface area (Å²) in [6.07, 6.45) is 0.583. The molecular formula is C19H13F3N4OS. The van der Waals surface area contributed by atoms with E-state index >= 15 is 0 Å². The predicted octanol–water partition coefficient (Wildman–Crippen LogP) is 4.57. The van der Waals surface area contributed by atoms with Crippen molar-refractivity contribution in [3.05, 3.63) is 69.2 Å². The Bertz CT molecular complexity index is 1230. The number of halogens is 3. The largest absolute Gasteiger partial charge is 0.416 e. The fourth-order valence-corrected chi connectivity index (χ4v) is 3.63. The van der Waals surface area contributed by atoms with Crippen LogP contribution in [0.15, 0.2) is 47.4 Å². The third-order valence-corrected chi connectivity index (χ3v) is 5.25. The quantitative estimate of drug-likeness (QED) is 0.546. The van der Waals surface area contributed by atoms with E-state index in [0.717, 1.165) is 21.9 Å². The molecule has 1 aromatic carbocycles. The first kappa shape index (κ1) is 18.2. The monoisotopic (exact) mass is 402 g/mol. The fourth-order valence-electron chi connectivity index (χ4n) is 2.71. The Morgan fingerprint density at radius 3 is 2.57 bits per heavy atom. The Hall–Kier alpha value is -3.20. The van der Waals surface area contributed by atoms with E-state index in [9.17, 15) is 18.0 Å². The van der Waals surface area contributed by atoms with E-state index in [1.54, 1.807) is 19.2 Å². The number of benzene rings is 1. The molecule has 3 heterocycles. The van der Waals surface area contributed by atoms with Crippen molar-refractivity contribution in [2.45, 2.75) is 6.18 Å². The van der Waals surface area contributed by atoms with Gasteiger partial charge in [-0.1, -0.05) is 12.1 Å². The first-order chi connectivity index (χ1) is 13.3. The van der Waals surface area contributed by atoms with E-state index in [1.807, 2.05) is 12.1 Å². The summed E-state index contributed by atoms with van der Waals surface area (Å²) in [4.78, 5) is 20.8. The van der Waals surface area contributed by atoms with Crippen LogP contribution >= 0.6 is 11.3 Å². The molecule has 0 aliphatic rings. The highest BCUT2D eigenvalue weighted by molar-refractivity contribution is 7.16. The second-order valence-electron chi connectivity index (χ2n) is 6.07. The van der Waals surface area contributed by atoms with Gasteiger partial charge in [-0.15, -0.1) is 11.3 Å². The topological polar surface area (TPSA) is 63.6 Å². The lowest BCUT2D eigenvalue weighted by Crippen LogP contribution is -2.09. The second-order valence-corrected chi connectivity index (χ2v) is 7.18. The molecule has 4 aromatic rings. The van der Waals surface area contributed by atoms with Gasteiger partial charge in [-0.2, -0.15) is 18.3 Å². The molecule has 0 spiro atoms. The van der Waals surface area contributed by atoms with Gasteiger partial charge in [0.15, 0.2) is 5.65 Å². The van der Waals surface area contributed by atoms with Crippen LogP contribution in [-0.2, 0) is 13.2 Å². The number of nitrogens with zero attached hydrogens (tertiary/aromatic N) is 3. The van der Waals surface area contributed by atoms with Crippen molar-refractivity contribution in [1.29, 1.82) is 0 Å². The van der Waals surface area contributed by atoms with Gasteiger partial charge in [-0.3, -0.25) is 9.48 Å². The van der Waals surface area contributed by atoms with Crippen LogP contribution in [0, 0.1) is 0 Å². The van der Waals surface area contributed by atoms with Gasteiger partial charge in [-0.05, 0) is 42.0 Å². The average Bonchev–Trinajstić information content (AvgIpc) is 3.27. The molecule has 0 saturated carbocycles. The van der Waals surface area contributed by atoms with Crippen molar-refractivity contribution < 1.29 is 13.2 Å². The first-order valence-corrected chi connectivity index (χ1v) is 9.00. The molecule has 0 amide bonds. The van der Waals surface area contributed by atoms with Crippen LogP contribution in [0.3, 0.4) is 0 Å². The third kappa shape index (κ3) is 3.48. The van der Waals surface area contributed by atoms with Crippen molar-refractivity contribution in [1.82, 2.24) is 19.7 Å². The summed E-state index contributed by atoms with van der Waals surface area (Å²) in [7, 11) is 1.71. The van der Waals surface area contributed by atoms with Gasteiger partial charge in [0.05, 0.1) is 11.8 Å². The molecule has 4 rings (SSSR count). The lowest BCUT2D eigenvalue weighted by molar-refractivity contribution is -0.137. The highest BCUT2D eigenvalue weighted by Gasteiger charge is 2.29. The lowest BCUT2D eigenvalue weighted by Gasteiger charge is -2.06. The van der Waals surface area contributed by atoms with Crippen LogP contribution in [0.4, 0.5) is 13.2 Å². The van der Waals surface area contributed by atoms with Crippen LogP contribution in [0.2, 0.25) is 0 Å². The second kappa shape index (κ2) is 6.75. The molecule has 0 bridgehead atoms. The van der Waals surface area contributed by atoms with E-state index in [-0.39, 0.29) is 5.56 Å². The minimum atomic E-state index is -4.35. The number of aromatic nitrogens is 4. The molecule has 0 aliphatic carbocycles. The van der Waals surface area contributed by atoms with Gasteiger partial charge >= 0.3 is 6.18 Å². The van der Waals surface area contributed by atoms with Gasteiger partial charge in [-0.25, -0.2) is 4.98 Å². The maximum absolute atomic E-state index is 12.7. The zero-order chi connectivity index (χ0) is 19.9. The van der Waals surface area contributed by atoms with Crippen molar-refractivity contribution in [2.24, 2.45) is 7.05 Å². The molecule has 5 nitrogen and oxygen atoms in total. The van der Waals surface area contributed by atoms with Gasteiger partial charge in [0.2, 0.25) is 0 Å². The van der Waals surface area contributed by atoms with Gasteiger partial charge < -0.3 is 4.98 Å². The Kier molecular flexibility index (Phi) is 4.38. The van der Waals surface area contributed by atoms with Crippen LogP contribution in [0.25, 0.3) is 33.6 Å². The van der Waals surface area contributed by atoms with Gasteiger partial charge in [0.25, 0.3) is 5.56 Å². The number of nitrogens with one attached hydrogen (secondary N) is 1. The number of hydrogen-bond acceptors (Lipinski definition) is 4. The molecule has 9 heteroatoms. The molecule has 1 N–H and O–H groups in total. The normalized spacial score (nSPS) is 12.3. The molecule has 0 atom stereocenters. The smallest absolute Gasteiger partial charge is 0.306 e. The molecule has 28 heavy (non-hydrogen) atoms. The molecule has 142 valence electrons. The number of fused-ring (bicyclic) bond motifs is 1. The minimum absolute atomic E-state index is 0.269. The Labute approximate surface area is 160 Å². The molecular weight excluding hydrogens is 389 g/mol. The maximum Gasteiger partial charge on any atom is 0.416 e. The predicted molar refractivity (Wildman–Crippen MR) is 103 cm³/mol. The zero-order valence-corrected chi connectivity index (χ0v) is 15.3. The molecule has 0 saturated heterocycles. The molecule has 0 unspecified atom stereocenters. The fraction of sp³-hybridized carbons (Fsp3) is 0.105. The van der Waals surface area contributed by atoms with Gasteiger partial charge in [0, 0.05) is 16.8 Å². The maximum atomic E-state index is 12.7. The van der Waals surface area contributed by atoms with Crippen molar-refractivity contribution >= 4 is 34.5 Å². The minimum Gasteiger partial charge on any atom is -0.306 e. The number of rotatable bonds is 3. The SMILES string of the molecule is Cn1ncc2c(=O)[nH]c(/C=C/c3ccc(-c4ccc(C(F)(F)F)cc4)s3)nc21. The van der Waals surface area contributed by atoms with Crippen molar-refractivity contribution in [3.63, 3.8) is 0 Å². The molecule has 0 fully saturated rings. The summed E-state index contributed by atoms with van der Waals surface area (Å²) < 4.78 is 39.5. The number of alkyl halides is 3. The van der Waals surface area contributed by atoms with E-state index in [4.69, 9.17) is 0 Å². The highest BCUT2D eigenvalue weighted by atomic mass is 32.1. The van der Waals surface area contributed by atoms with Crippen LogP contribution in [-0.4, -0.2) is 19.7 Å². The Balaban J connectivity index is 1.58. The first-order valence-electron chi connectivity index (χ1n) is 8.19. The number of thiophene rings is 1. The summed E-state index contributed by atoms with van der Waals surface area (Å²) in [6, 6.07) is 8.75. The van der Waals surface area contributed by atoms with E-state index in [2.05, 4.69) is 15.1 Å². The average molecular weight is 402 g/mol. The van der Waals surface area contributed by atoms with Gasteiger partial charge in [0.1, 0.15) is 11.2 Å². The standard InChI is InChI=1S/C19H13F3N4OS/c1-26-17-14(10-23-26)18(27)25-16(24-17)9-7-13-6-8-15(28-13)11-2-4-12(5-3-11)19(20,21)22/h2-10H,1H3,(H,24,25,27)/b9-7+. The van der Waals surface area contributed by atoms with Crippen LogP contribution < -0.4 is 5.56 Å². The number of H-pyrrole nitrogens is 1. The van der Waals surface area contributed by atoms with Crippen LogP contribution in [0.1, 0.15) is 16.3 Å². The summed E-state index contributed by atoms with van der Waals surface area (Å²) in [5, 5.41) is 4.43. The number of aromatic amines is 1. The summed E-state index contributed by atoms with van der Waals surface area (Å²) in [5.74, 6) is 0.394. The highest BCUT2D eigenvalue weighted by Crippen LogP contribution is 2.33. The summed E-state index contributed by atoms with van der Waals surface area (Å²) >= 11 is 1.43. The van der Waals surface area contributed by atoms with E-state index < -0.39 is 11.7 Å². The lowest BCUT2D eigenvalue weighted by atomic mass is 10.1. The summed E-state index contributed by atoms with van der Waals surface area (Å²) in [5.41, 5.74) is 0.253. The molecule has 0 radical (unpaired) electrons.